The van der Waals surface area contributed by atoms with Gasteiger partial charge in [0.1, 0.15) is 5.75 Å². The van der Waals surface area contributed by atoms with Gasteiger partial charge < -0.3 is 19.9 Å². The summed E-state index contributed by atoms with van der Waals surface area (Å²) in [5.41, 5.74) is 4.13. The van der Waals surface area contributed by atoms with Crippen molar-refractivity contribution in [2.75, 3.05) is 45.7 Å². The van der Waals surface area contributed by atoms with Crippen molar-refractivity contribution in [3.05, 3.63) is 48.0 Å². The summed E-state index contributed by atoms with van der Waals surface area (Å²) in [5.74, 6) is 0.625. The number of amides is 2. The van der Waals surface area contributed by atoms with Gasteiger partial charge in [0, 0.05) is 38.2 Å². The molecule has 2 aromatic rings. The number of rotatable bonds is 6. The van der Waals surface area contributed by atoms with Gasteiger partial charge in [0.15, 0.2) is 0 Å². The fourth-order valence-corrected chi connectivity index (χ4v) is 3.87. The molecule has 2 amide bonds. The maximum absolute atomic E-state index is 12.7. The molecule has 2 aliphatic heterocycles. The van der Waals surface area contributed by atoms with Crippen LogP contribution in [0.5, 0.6) is 5.75 Å². The fourth-order valence-electron chi connectivity index (χ4n) is 3.87. The summed E-state index contributed by atoms with van der Waals surface area (Å²) in [6, 6.07) is 14.1. The molecule has 2 aliphatic rings. The minimum Gasteiger partial charge on any atom is -0.493 e. The second-order valence-electron chi connectivity index (χ2n) is 8.04. The predicted molar refractivity (Wildman–Crippen MR) is 113 cm³/mol. The highest BCUT2D eigenvalue weighted by Crippen LogP contribution is 2.31. The first-order valence-corrected chi connectivity index (χ1v) is 10.1. The van der Waals surface area contributed by atoms with Gasteiger partial charge in [-0.15, -0.1) is 0 Å². The van der Waals surface area contributed by atoms with Gasteiger partial charge in [-0.25, -0.2) is 0 Å². The largest absolute Gasteiger partial charge is 0.493 e. The van der Waals surface area contributed by atoms with Crippen molar-refractivity contribution in [2.24, 2.45) is 5.92 Å². The Morgan fingerprint density at radius 1 is 1.21 bits per heavy atom. The second-order valence-corrected chi connectivity index (χ2v) is 8.04. The van der Waals surface area contributed by atoms with Crippen LogP contribution in [0.4, 0.5) is 5.69 Å². The van der Waals surface area contributed by atoms with Gasteiger partial charge >= 0.3 is 0 Å². The molecule has 1 atom stereocenters. The molecule has 0 saturated carbocycles. The monoisotopic (exact) mass is 393 g/mol. The van der Waals surface area contributed by atoms with E-state index in [0.29, 0.717) is 13.1 Å². The molecule has 2 heterocycles. The average Bonchev–Trinajstić information content (AvgIpc) is 3.32. The Labute approximate surface area is 171 Å². The van der Waals surface area contributed by atoms with Crippen molar-refractivity contribution in [2.45, 2.75) is 12.8 Å². The number of likely N-dealkylation sites (tertiary alicyclic amines) is 1. The van der Waals surface area contributed by atoms with Gasteiger partial charge in [0.2, 0.25) is 11.8 Å². The van der Waals surface area contributed by atoms with E-state index < -0.39 is 0 Å². The van der Waals surface area contributed by atoms with E-state index in [1.807, 2.05) is 55.4 Å². The van der Waals surface area contributed by atoms with E-state index in [2.05, 4.69) is 11.4 Å². The maximum atomic E-state index is 12.7. The molecule has 6 nitrogen and oxygen atoms in total. The molecule has 0 radical (unpaired) electrons. The van der Waals surface area contributed by atoms with Crippen LogP contribution in [0.25, 0.3) is 11.1 Å². The fraction of sp³-hybridized carbons (Fsp3) is 0.391. The van der Waals surface area contributed by atoms with Crippen molar-refractivity contribution < 1.29 is 14.3 Å². The molecule has 2 aromatic carbocycles. The van der Waals surface area contributed by atoms with Crippen LogP contribution < -0.4 is 10.1 Å². The van der Waals surface area contributed by atoms with Crippen LogP contribution in [0.3, 0.4) is 0 Å². The summed E-state index contributed by atoms with van der Waals surface area (Å²) in [6.45, 7) is 2.69. The third-order valence-corrected chi connectivity index (χ3v) is 5.56. The topological polar surface area (TPSA) is 61.9 Å². The number of fused-ring (bicyclic) bond motifs is 1. The normalized spacial score (nSPS) is 18.1. The minimum atomic E-state index is -0.300. The molecule has 152 valence electrons. The number of anilines is 1. The highest BCUT2D eigenvalue weighted by molar-refractivity contribution is 5.97. The zero-order valence-corrected chi connectivity index (χ0v) is 17.0. The molecule has 1 unspecified atom stereocenters. The van der Waals surface area contributed by atoms with Crippen LogP contribution in [0.15, 0.2) is 42.5 Å². The summed E-state index contributed by atoms with van der Waals surface area (Å²) < 4.78 is 5.58. The molecule has 0 aromatic heterocycles. The van der Waals surface area contributed by atoms with Crippen LogP contribution >= 0.6 is 0 Å². The van der Waals surface area contributed by atoms with Crippen molar-refractivity contribution in [1.82, 2.24) is 9.80 Å². The standard InChI is InChI=1S/C23H27N3O3/c1-25(2)9-10-26-15-19(14-22(26)27)23(28)24-20-5-3-4-16(13-20)17-6-7-21-18(12-17)8-11-29-21/h3-7,12-13,19H,8-11,14-15H2,1-2H3,(H,24,28). The number of nitrogens with one attached hydrogen (secondary N) is 1. The first-order chi connectivity index (χ1) is 14.0. The maximum Gasteiger partial charge on any atom is 0.229 e. The Balaban J connectivity index is 1.42. The second kappa shape index (κ2) is 8.25. The lowest BCUT2D eigenvalue weighted by Crippen LogP contribution is -2.33. The first kappa shape index (κ1) is 19.5. The molecule has 29 heavy (non-hydrogen) atoms. The Kier molecular flexibility index (Phi) is 5.53. The number of hydrogen-bond donors (Lipinski definition) is 1. The van der Waals surface area contributed by atoms with E-state index in [4.69, 9.17) is 4.74 Å². The summed E-state index contributed by atoms with van der Waals surface area (Å²) >= 11 is 0. The lowest BCUT2D eigenvalue weighted by molar-refractivity contribution is -0.128. The smallest absolute Gasteiger partial charge is 0.229 e. The third-order valence-electron chi connectivity index (χ3n) is 5.56. The summed E-state index contributed by atoms with van der Waals surface area (Å²) in [7, 11) is 3.96. The van der Waals surface area contributed by atoms with Crippen molar-refractivity contribution in [3.8, 4) is 16.9 Å². The molecule has 0 bridgehead atoms. The van der Waals surface area contributed by atoms with Crippen LogP contribution in [0.2, 0.25) is 0 Å². The highest BCUT2D eigenvalue weighted by atomic mass is 16.5. The van der Waals surface area contributed by atoms with Gasteiger partial charge in [-0.05, 0) is 55.1 Å². The van der Waals surface area contributed by atoms with E-state index in [1.54, 1.807) is 4.90 Å². The molecule has 1 saturated heterocycles. The quantitative estimate of drug-likeness (QED) is 0.820. The van der Waals surface area contributed by atoms with E-state index in [9.17, 15) is 9.59 Å². The Morgan fingerprint density at radius 2 is 2.03 bits per heavy atom. The minimum absolute atomic E-state index is 0.0566. The van der Waals surface area contributed by atoms with Crippen LogP contribution in [0.1, 0.15) is 12.0 Å². The van der Waals surface area contributed by atoms with Gasteiger partial charge in [0.25, 0.3) is 0 Å². The number of hydrogen-bond acceptors (Lipinski definition) is 4. The summed E-state index contributed by atoms with van der Waals surface area (Å²) in [5, 5.41) is 3.00. The average molecular weight is 393 g/mol. The Morgan fingerprint density at radius 3 is 2.86 bits per heavy atom. The SMILES string of the molecule is CN(C)CCN1CC(C(=O)Nc2cccc(-c3ccc4c(c3)CCO4)c2)CC1=O. The van der Waals surface area contributed by atoms with E-state index in [1.165, 1.54) is 5.56 Å². The number of likely N-dealkylation sites (N-methyl/N-ethyl adjacent to an activating group) is 1. The lowest BCUT2D eigenvalue weighted by Gasteiger charge is -2.19. The molecular weight excluding hydrogens is 366 g/mol. The third kappa shape index (κ3) is 4.43. The van der Waals surface area contributed by atoms with Crippen molar-refractivity contribution in [3.63, 3.8) is 0 Å². The van der Waals surface area contributed by atoms with Crippen LogP contribution in [-0.2, 0) is 16.0 Å². The van der Waals surface area contributed by atoms with E-state index in [0.717, 1.165) is 42.1 Å². The number of benzene rings is 2. The van der Waals surface area contributed by atoms with E-state index >= 15 is 0 Å². The molecular formula is C23H27N3O3. The number of carbonyl (C=O) groups excluding carboxylic acids is 2. The Bertz CT molecular complexity index is 925. The Hall–Kier alpha value is -2.86. The molecule has 0 spiro atoms. The van der Waals surface area contributed by atoms with Crippen LogP contribution in [-0.4, -0.2) is 62.0 Å². The molecule has 4 rings (SSSR count). The highest BCUT2D eigenvalue weighted by Gasteiger charge is 2.34. The lowest BCUT2D eigenvalue weighted by atomic mass is 10.0. The molecule has 1 N–H and O–H groups in total. The molecule has 1 fully saturated rings. The molecule has 6 heteroatoms. The predicted octanol–water partition coefficient (Wildman–Crippen LogP) is 2.64. The zero-order valence-electron chi connectivity index (χ0n) is 17.0. The zero-order chi connectivity index (χ0) is 20.4. The van der Waals surface area contributed by atoms with Gasteiger partial charge in [-0.1, -0.05) is 18.2 Å². The van der Waals surface area contributed by atoms with Gasteiger partial charge in [0.05, 0.1) is 12.5 Å². The summed E-state index contributed by atoms with van der Waals surface area (Å²) in [4.78, 5) is 28.8. The number of nitrogens with zero attached hydrogens (tertiary/aromatic N) is 2. The van der Waals surface area contributed by atoms with Gasteiger partial charge in [-0.2, -0.15) is 0 Å². The van der Waals surface area contributed by atoms with Crippen molar-refractivity contribution in [1.29, 1.82) is 0 Å². The van der Waals surface area contributed by atoms with Crippen LogP contribution in [0, 0.1) is 5.92 Å². The summed E-state index contributed by atoms with van der Waals surface area (Å²) in [6.07, 6.45) is 1.21. The number of carbonyl (C=O) groups is 2. The molecule has 0 aliphatic carbocycles. The first-order valence-electron chi connectivity index (χ1n) is 10.1. The van der Waals surface area contributed by atoms with E-state index in [-0.39, 0.29) is 24.2 Å². The number of ether oxygens (including phenoxy) is 1. The van der Waals surface area contributed by atoms with Crippen molar-refractivity contribution >= 4 is 17.5 Å². The van der Waals surface area contributed by atoms with Gasteiger partial charge in [-0.3, -0.25) is 9.59 Å².